The van der Waals surface area contributed by atoms with E-state index in [1.165, 1.54) is 16.7 Å². The second-order valence-corrected chi connectivity index (χ2v) is 4.69. The molecule has 0 heterocycles. The molecule has 0 aromatic heterocycles. The second-order valence-electron chi connectivity index (χ2n) is 4.69. The minimum Gasteiger partial charge on any atom is -0.373 e. The maximum Gasteiger partial charge on any atom is 0.101 e. The zero-order valence-corrected chi connectivity index (χ0v) is 10.0. The predicted molar refractivity (Wildman–Crippen MR) is 69.0 cm³/mol. The first-order chi connectivity index (χ1) is 8.34. The van der Waals surface area contributed by atoms with Crippen LogP contribution < -0.4 is 0 Å². The molecule has 0 N–H and O–H groups in total. The van der Waals surface area contributed by atoms with Gasteiger partial charge in [0.05, 0.1) is 0 Å². The zero-order chi connectivity index (χ0) is 11.7. The third kappa shape index (κ3) is 1.67. The minimum absolute atomic E-state index is 0.162. The number of hydrogen-bond donors (Lipinski definition) is 0. The van der Waals surface area contributed by atoms with Crippen LogP contribution in [0.1, 0.15) is 16.7 Å². The average Bonchev–Trinajstić information content (AvgIpc) is 2.79. The lowest BCUT2D eigenvalue weighted by Gasteiger charge is -2.28. The fourth-order valence-corrected chi connectivity index (χ4v) is 2.79. The number of methoxy groups -OCH3 is 1. The van der Waals surface area contributed by atoms with Crippen LogP contribution in [-0.4, -0.2) is 7.11 Å². The van der Waals surface area contributed by atoms with Crippen molar-refractivity contribution in [3.63, 3.8) is 0 Å². The molecule has 0 atom stereocenters. The molecule has 17 heavy (non-hydrogen) atoms. The van der Waals surface area contributed by atoms with E-state index in [9.17, 15) is 0 Å². The molecule has 2 aromatic carbocycles. The van der Waals surface area contributed by atoms with E-state index in [-0.39, 0.29) is 5.60 Å². The molecule has 0 saturated heterocycles. The predicted octanol–water partition coefficient (Wildman–Crippen LogP) is 3.33. The molecule has 0 spiro atoms. The second kappa shape index (κ2) is 4.01. The van der Waals surface area contributed by atoms with Gasteiger partial charge in [0.2, 0.25) is 0 Å². The molecule has 1 aliphatic carbocycles. The topological polar surface area (TPSA) is 9.23 Å². The van der Waals surface area contributed by atoms with Crippen molar-refractivity contribution in [3.8, 4) is 0 Å². The Balaban J connectivity index is 2.03. The highest BCUT2D eigenvalue weighted by Crippen LogP contribution is 2.40. The van der Waals surface area contributed by atoms with Crippen LogP contribution in [0.2, 0.25) is 0 Å². The van der Waals surface area contributed by atoms with Gasteiger partial charge in [0, 0.05) is 20.0 Å². The number of fused-ring (bicyclic) bond motifs is 1. The molecule has 1 aliphatic rings. The van der Waals surface area contributed by atoms with Gasteiger partial charge in [-0.05, 0) is 16.7 Å². The Hall–Kier alpha value is -1.60. The molecule has 0 amide bonds. The van der Waals surface area contributed by atoms with E-state index in [0.29, 0.717) is 0 Å². The first-order valence-corrected chi connectivity index (χ1v) is 6.01. The van der Waals surface area contributed by atoms with Gasteiger partial charge in [0.1, 0.15) is 5.60 Å². The summed E-state index contributed by atoms with van der Waals surface area (Å²) in [4.78, 5) is 0. The van der Waals surface area contributed by atoms with E-state index in [1.807, 2.05) is 7.11 Å². The zero-order valence-electron chi connectivity index (χ0n) is 10.0. The molecule has 0 unspecified atom stereocenters. The third-order valence-corrected chi connectivity index (χ3v) is 3.76. The monoisotopic (exact) mass is 224 g/mol. The molecule has 0 radical (unpaired) electrons. The third-order valence-electron chi connectivity index (χ3n) is 3.76. The van der Waals surface area contributed by atoms with Gasteiger partial charge in [-0.2, -0.15) is 0 Å². The highest BCUT2D eigenvalue weighted by molar-refractivity contribution is 5.40. The first-order valence-electron chi connectivity index (χ1n) is 6.01. The fourth-order valence-electron chi connectivity index (χ4n) is 2.79. The van der Waals surface area contributed by atoms with Gasteiger partial charge in [-0.3, -0.25) is 0 Å². The average molecular weight is 224 g/mol. The van der Waals surface area contributed by atoms with Crippen molar-refractivity contribution < 1.29 is 4.74 Å². The summed E-state index contributed by atoms with van der Waals surface area (Å²) < 4.78 is 5.87. The summed E-state index contributed by atoms with van der Waals surface area (Å²) in [7, 11) is 1.82. The van der Waals surface area contributed by atoms with Gasteiger partial charge in [-0.1, -0.05) is 54.6 Å². The smallest absolute Gasteiger partial charge is 0.101 e. The highest BCUT2D eigenvalue weighted by Gasteiger charge is 2.38. The van der Waals surface area contributed by atoms with Crippen LogP contribution >= 0.6 is 0 Å². The van der Waals surface area contributed by atoms with E-state index in [4.69, 9.17) is 4.74 Å². The molecule has 0 fully saturated rings. The van der Waals surface area contributed by atoms with Crippen molar-refractivity contribution >= 4 is 0 Å². The normalized spacial score (nSPS) is 16.8. The van der Waals surface area contributed by atoms with E-state index in [0.717, 1.165) is 12.8 Å². The van der Waals surface area contributed by atoms with Crippen molar-refractivity contribution in [2.45, 2.75) is 18.4 Å². The summed E-state index contributed by atoms with van der Waals surface area (Å²) in [6, 6.07) is 19.2. The minimum atomic E-state index is -0.162. The Morgan fingerprint density at radius 3 is 1.88 bits per heavy atom. The van der Waals surface area contributed by atoms with E-state index >= 15 is 0 Å². The summed E-state index contributed by atoms with van der Waals surface area (Å²) in [6.45, 7) is 0. The Kier molecular flexibility index (Phi) is 2.49. The number of ether oxygens (including phenoxy) is 1. The van der Waals surface area contributed by atoms with Crippen LogP contribution in [0, 0.1) is 0 Å². The molecule has 0 aliphatic heterocycles. The van der Waals surface area contributed by atoms with Crippen LogP contribution in [0.4, 0.5) is 0 Å². The van der Waals surface area contributed by atoms with Gasteiger partial charge in [0.25, 0.3) is 0 Å². The summed E-state index contributed by atoms with van der Waals surface area (Å²) in [5.74, 6) is 0. The summed E-state index contributed by atoms with van der Waals surface area (Å²) in [6.07, 6.45) is 1.95. The lowest BCUT2D eigenvalue weighted by molar-refractivity contribution is -0.00569. The highest BCUT2D eigenvalue weighted by atomic mass is 16.5. The van der Waals surface area contributed by atoms with Gasteiger partial charge >= 0.3 is 0 Å². The number of hydrogen-bond acceptors (Lipinski definition) is 1. The van der Waals surface area contributed by atoms with E-state index < -0.39 is 0 Å². The van der Waals surface area contributed by atoms with Gasteiger partial charge in [-0.15, -0.1) is 0 Å². The van der Waals surface area contributed by atoms with Gasteiger partial charge in [-0.25, -0.2) is 0 Å². The van der Waals surface area contributed by atoms with Crippen molar-refractivity contribution in [2.24, 2.45) is 0 Å². The Labute approximate surface area is 102 Å². The van der Waals surface area contributed by atoms with Crippen molar-refractivity contribution in [1.29, 1.82) is 0 Å². The van der Waals surface area contributed by atoms with Crippen molar-refractivity contribution in [2.75, 3.05) is 7.11 Å². The van der Waals surface area contributed by atoms with Crippen molar-refractivity contribution in [3.05, 3.63) is 71.3 Å². The largest absolute Gasteiger partial charge is 0.373 e. The number of rotatable bonds is 2. The van der Waals surface area contributed by atoms with E-state index in [1.54, 1.807) is 0 Å². The molecular weight excluding hydrogens is 208 g/mol. The molecule has 3 rings (SSSR count). The molecule has 1 heteroatoms. The Bertz CT molecular complexity index is 491. The van der Waals surface area contributed by atoms with Crippen LogP contribution in [0.25, 0.3) is 0 Å². The van der Waals surface area contributed by atoms with Crippen molar-refractivity contribution in [1.82, 2.24) is 0 Å². The summed E-state index contributed by atoms with van der Waals surface area (Å²) in [5.41, 5.74) is 3.94. The fraction of sp³-hybridized carbons (Fsp3) is 0.250. The molecular formula is C16H16O. The van der Waals surface area contributed by atoms with Crippen LogP contribution in [0.15, 0.2) is 54.6 Å². The van der Waals surface area contributed by atoms with Gasteiger partial charge < -0.3 is 4.74 Å². The lowest BCUT2D eigenvalue weighted by atomic mass is 9.90. The lowest BCUT2D eigenvalue weighted by Crippen LogP contribution is -2.29. The quantitative estimate of drug-likeness (QED) is 0.760. The van der Waals surface area contributed by atoms with Crippen LogP contribution in [-0.2, 0) is 23.2 Å². The molecule has 0 bridgehead atoms. The summed E-state index contributed by atoms with van der Waals surface area (Å²) >= 11 is 0. The molecule has 2 aromatic rings. The first kappa shape index (κ1) is 10.5. The summed E-state index contributed by atoms with van der Waals surface area (Å²) in [5, 5.41) is 0. The Morgan fingerprint density at radius 1 is 0.824 bits per heavy atom. The maximum atomic E-state index is 5.87. The molecule has 86 valence electrons. The Morgan fingerprint density at radius 2 is 1.35 bits per heavy atom. The SMILES string of the molecule is COC1(c2ccccc2)Cc2ccccc2C1. The van der Waals surface area contributed by atoms with Gasteiger partial charge in [0.15, 0.2) is 0 Å². The van der Waals surface area contributed by atoms with Crippen LogP contribution in [0.5, 0.6) is 0 Å². The van der Waals surface area contributed by atoms with Crippen LogP contribution in [0.3, 0.4) is 0 Å². The van der Waals surface area contributed by atoms with E-state index in [2.05, 4.69) is 54.6 Å². The number of benzene rings is 2. The molecule has 1 nitrogen and oxygen atoms in total. The molecule has 0 saturated carbocycles. The standard InChI is InChI=1S/C16H16O/c1-17-16(15-9-3-2-4-10-15)11-13-7-5-6-8-14(13)12-16/h2-10H,11-12H2,1H3. The maximum absolute atomic E-state index is 5.87.